The molecule has 0 unspecified atom stereocenters. The van der Waals surface area contributed by atoms with Gasteiger partial charge < -0.3 is 9.84 Å². The minimum atomic E-state index is -4.61. The first-order chi connectivity index (χ1) is 13.6. The highest BCUT2D eigenvalue weighted by molar-refractivity contribution is 7.80. The fourth-order valence-corrected chi connectivity index (χ4v) is 2.96. The lowest BCUT2D eigenvalue weighted by Gasteiger charge is -2.29. The summed E-state index contributed by atoms with van der Waals surface area (Å²) in [5.41, 5.74) is -1.16. The second-order valence-corrected chi connectivity index (χ2v) is 6.32. The molecule has 1 aliphatic heterocycles. The number of methoxy groups -OCH3 is 1. The number of aromatic hydroxyl groups is 1. The number of benzene rings is 2. The molecule has 1 aliphatic rings. The highest BCUT2D eigenvalue weighted by Gasteiger charge is 2.36. The Labute approximate surface area is 168 Å². The first-order valence-corrected chi connectivity index (χ1v) is 8.48. The van der Waals surface area contributed by atoms with Crippen LogP contribution in [0.5, 0.6) is 11.5 Å². The Morgan fingerprint density at radius 3 is 2.52 bits per heavy atom. The van der Waals surface area contributed by atoms with Gasteiger partial charge in [0.25, 0.3) is 11.8 Å². The number of hydrogen-bond acceptors (Lipinski definition) is 5. The number of ether oxygens (including phenoxy) is 1. The van der Waals surface area contributed by atoms with Gasteiger partial charge in [-0.15, -0.1) is 0 Å². The van der Waals surface area contributed by atoms with Crippen molar-refractivity contribution >= 4 is 40.9 Å². The maximum absolute atomic E-state index is 13.0. The van der Waals surface area contributed by atoms with Gasteiger partial charge in [-0.1, -0.05) is 12.1 Å². The summed E-state index contributed by atoms with van der Waals surface area (Å²) in [4.78, 5) is 25.9. The second-order valence-electron chi connectivity index (χ2n) is 5.94. The van der Waals surface area contributed by atoms with Crippen molar-refractivity contribution in [2.45, 2.75) is 6.18 Å². The topological polar surface area (TPSA) is 78.9 Å². The molecule has 1 fully saturated rings. The molecule has 0 aromatic heterocycles. The molecule has 1 heterocycles. The molecule has 10 heteroatoms. The van der Waals surface area contributed by atoms with Crippen molar-refractivity contribution in [2.24, 2.45) is 0 Å². The molecule has 0 radical (unpaired) electrons. The summed E-state index contributed by atoms with van der Waals surface area (Å²) < 4.78 is 43.9. The third-order valence-corrected chi connectivity index (χ3v) is 4.33. The molecule has 6 nitrogen and oxygen atoms in total. The van der Waals surface area contributed by atoms with Crippen LogP contribution in [0.3, 0.4) is 0 Å². The Bertz CT molecular complexity index is 1050. The van der Waals surface area contributed by atoms with Crippen LogP contribution in [-0.2, 0) is 15.8 Å². The molecule has 0 spiro atoms. The molecule has 0 aliphatic carbocycles. The van der Waals surface area contributed by atoms with E-state index in [-0.39, 0.29) is 27.9 Å². The van der Waals surface area contributed by atoms with Gasteiger partial charge in [-0.05, 0) is 54.2 Å². The molecule has 1 saturated heterocycles. The molecule has 0 bridgehead atoms. The molecular weight excluding hydrogens is 409 g/mol. The van der Waals surface area contributed by atoms with Gasteiger partial charge in [0.2, 0.25) is 0 Å². The Morgan fingerprint density at radius 1 is 1.17 bits per heavy atom. The van der Waals surface area contributed by atoms with Gasteiger partial charge >= 0.3 is 6.18 Å². The van der Waals surface area contributed by atoms with Crippen LogP contribution in [0, 0.1) is 0 Å². The number of nitrogens with zero attached hydrogens (tertiary/aromatic N) is 1. The summed E-state index contributed by atoms with van der Waals surface area (Å²) in [5, 5.41) is 11.8. The molecule has 29 heavy (non-hydrogen) atoms. The van der Waals surface area contributed by atoms with Crippen LogP contribution < -0.4 is 15.0 Å². The standard InChI is InChI=1S/C19H13F3N2O4S/c1-28-15-6-5-10(8-14(15)25)7-13-16(26)23-18(29)24(17(13)27)12-4-2-3-11(9-12)19(20,21)22/h2-9,25H,1H3,(H,23,26,29)/b13-7+. The van der Waals surface area contributed by atoms with Gasteiger partial charge in [-0.25, -0.2) is 0 Å². The predicted octanol–water partition coefficient (Wildman–Crippen LogP) is 3.25. The molecule has 0 saturated carbocycles. The van der Waals surface area contributed by atoms with E-state index >= 15 is 0 Å². The molecule has 150 valence electrons. The van der Waals surface area contributed by atoms with Gasteiger partial charge in [-0.3, -0.25) is 19.8 Å². The van der Waals surface area contributed by atoms with E-state index in [1.165, 1.54) is 37.5 Å². The zero-order valence-corrected chi connectivity index (χ0v) is 15.6. The minimum absolute atomic E-state index is 0.140. The van der Waals surface area contributed by atoms with Crippen LogP contribution in [0.4, 0.5) is 18.9 Å². The number of thiocarbonyl (C=S) groups is 1. The van der Waals surface area contributed by atoms with E-state index in [9.17, 15) is 27.9 Å². The van der Waals surface area contributed by atoms with Crippen molar-refractivity contribution in [1.29, 1.82) is 0 Å². The Kier molecular flexibility index (Phi) is 5.29. The lowest BCUT2D eigenvalue weighted by molar-refractivity contribution is -0.137. The van der Waals surface area contributed by atoms with Crippen LogP contribution in [0.1, 0.15) is 11.1 Å². The number of alkyl halides is 3. The van der Waals surface area contributed by atoms with Crippen LogP contribution in [0.25, 0.3) is 6.08 Å². The molecular formula is C19H13F3N2O4S. The number of carbonyl (C=O) groups is 2. The van der Waals surface area contributed by atoms with Gasteiger partial charge in [0.1, 0.15) is 5.57 Å². The molecule has 2 amide bonds. The zero-order chi connectivity index (χ0) is 21.3. The molecule has 2 N–H and O–H groups in total. The fraction of sp³-hybridized carbons (Fsp3) is 0.105. The van der Waals surface area contributed by atoms with Crippen molar-refractivity contribution in [3.05, 3.63) is 59.2 Å². The molecule has 3 rings (SSSR count). The number of phenols is 1. The summed E-state index contributed by atoms with van der Waals surface area (Å²) in [6.07, 6.45) is -3.42. The van der Waals surface area contributed by atoms with Crippen molar-refractivity contribution < 1.29 is 32.6 Å². The number of rotatable bonds is 3. The first-order valence-electron chi connectivity index (χ1n) is 8.07. The molecule has 2 aromatic carbocycles. The number of anilines is 1. The fourth-order valence-electron chi connectivity index (χ4n) is 2.68. The van der Waals surface area contributed by atoms with Gasteiger partial charge in [-0.2, -0.15) is 13.2 Å². The van der Waals surface area contributed by atoms with Crippen LogP contribution in [0.2, 0.25) is 0 Å². The van der Waals surface area contributed by atoms with E-state index in [4.69, 9.17) is 17.0 Å². The van der Waals surface area contributed by atoms with E-state index in [1.807, 2.05) is 0 Å². The van der Waals surface area contributed by atoms with E-state index < -0.39 is 23.6 Å². The highest BCUT2D eigenvalue weighted by atomic mass is 32.1. The third-order valence-electron chi connectivity index (χ3n) is 4.05. The smallest absolute Gasteiger partial charge is 0.416 e. The monoisotopic (exact) mass is 422 g/mol. The quantitative estimate of drug-likeness (QED) is 0.451. The Hall–Kier alpha value is -3.40. The van der Waals surface area contributed by atoms with Gasteiger partial charge in [0.15, 0.2) is 16.6 Å². The van der Waals surface area contributed by atoms with Gasteiger partial charge in [0, 0.05) is 0 Å². The van der Waals surface area contributed by atoms with E-state index in [1.54, 1.807) is 0 Å². The number of carbonyl (C=O) groups excluding carboxylic acids is 2. The van der Waals surface area contributed by atoms with Crippen molar-refractivity contribution in [1.82, 2.24) is 5.32 Å². The zero-order valence-electron chi connectivity index (χ0n) is 14.8. The second kappa shape index (κ2) is 7.55. The van der Waals surface area contributed by atoms with E-state index in [2.05, 4.69) is 5.32 Å². The Balaban J connectivity index is 2.02. The summed E-state index contributed by atoms with van der Waals surface area (Å²) in [6.45, 7) is 0. The lowest BCUT2D eigenvalue weighted by atomic mass is 10.1. The largest absolute Gasteiger partial charge is 0.504 e. The van der Waals surface area contributed by atoms with Crippen molar-refractivity contribution in [2.75, 3.05) is 12.0 Å². The number of nitrogens with one attached hydrogen (secondary N) is 1. The summed E-state index contributed by atoms with van der Waals surface area (Å²) >= 11 is 4.98. The molecule has 0 atom stereocenters. The van der Waals surface area contributed by atoms with Crippen LogP contribution >= 0.6 is 12.2 Å². The van der Waals surface area contributed by atoms with Crippen molar-refractivity contribution in [3.8, 4) is 11.5 Å². The number of hydrogen-bond donors (Lipinski definition) is 2. The van der Waals surface area contributed by atoms with Gasteiger partial charge in [0.05, 0.1) is 18.4 Å². The number of amides is 2. The minimum Gasteiger partial charge on any atom is -0.504 e. The lowest BCUT2D eigenvalue weighted by Crippen LogP contribution is -2.54. The van der Waals surface area contributed by atoms with E-state index in [0.29, 0.717) is 5.56 Å². The summed E-state index contributed by atoms with van der Waals surface area (Å²) in [6, 6.07) is 8.22. The highest BCUT2D eigenvalue weighted by Crippen LogP contribution is 2.33. The van der Waals surface area contributed by atoms with Crippen molar-refractivity contribution in [3.63, 3.8) is 0 Å². The number of phenolic OH excluding ortho intramolecular Hbond substituents is 1. The third kappa shape index (κ3) is 4.06. The maximum atomic E-state index is 13.0. The number of halogens is 3. The predicted molar refractivity (Wildman–Crippen MR) is 102 cm³/mol. The maximum Gasteiger partial charge on any atom is 0.416 e. The summed E-state index contributed by atoms with van der Waals surface area (Å²) in [7, 11) is 1.36. The average Bonchev–Trinajstić information content (AvgIpc) is 2.65. The molecule has 2 aromatic rings. The SMILES string of the molecule is COc1ccc(/C=C2\C(=O)NC(=S)N(c3cccc(C(F)(F)F)c3)C2=O)cc1O. The van der Waals surface area contributed by atoms with Crippen LogP contribution in [0.15, 0.2) is 48.0 Å². The Morgan fingerprint density at radius 2 is 1.90 bits per heavy atom. The van der Waals surface area contributed by atoms with E-state index in [0.717, 1.165) is 23.1 Å². The normalized spacial score (nSPS) is 16.2. The average molecular weight is 422 g/mol. The first kappa shape index (κ1) is 20.3. The summed E-state index contributed by atoms with van der Waals surface area (Å²) in [5.74, 6) is -1.72. The van der Waals surface area contributed by atoms with Crippen LogP contribution in [-0.4, -0.2) is 29.1 Å².